The summed E-state index contributed by atoms with van der Waals surface area (Å²) in [6.07, 6.45) is 0.918. The minimum atomic E-state index is -0.337. The normalized spacial score (nSPS) is 9.00. The molecule has 0 bridgehead atoms. The third-order valence-electron chi connectivity index (χ3n) is 2.02. The van der Waals surface area contributed by atoms with Crippen molar-refractivity contribution in [2.24, 2.45) is 0 Å². The Bertz CT molecular complexity index is 241. The van der Waals surface area contributed by atoms with Crippen molar-refractivity contribution in [1.29, 1.82) is 0 Å². The molecular formula is C12H19F. The van der Waals surface area contributed by atoms with Gasteiger partial charge < -0.3 is 0 Å². The second kappa shape index (κ2) is 6.64. The van der Waals surface area contributed by atoms with Crippen molar-refractivity contribution in [3.63, 3.8) is 0 Å². The average molecular weight is 182 g/mol. The molecule has 74 valence electrons. The number of hydrogen-bond acceptors (Lipinski definition) is 0. The van der Waals surface area contributed by atoms with Gasteiger partial charge in [0.1, 0.15) is 6.67 Å². The van der Waals surface area contributed by atoms with E-state index in [-0.39, 0.29) is 6.67 Å². The molecule has 0 atom stereocenters. The van der Waals surface area contributed by atoms with Gasteiger partial charge in [-0.2, -0.15) is 0 Å². The first-order valence-corrected chi connectivity index (χ1v) is 4.93. The van der Waals surface area contributed by atoms with E-state index in [1.54, 1.807) is 0 Å². The summed E-state index contributed by atoms with van der Waals surface area (Å²) < 4.78 is 12.4. The lowest BCUT2D eigenvalue weighted by Gasteiger charge is -2.06. The second-order valence-electron chi connectivity index (χ2n) is 2.70. The smallest absolute Gasteiger partial charge is 0.115 e. The molecule has 0 saturated carbocycles. The van der Waals surface area contributed by atoms with Crippen LogP contribution >= 0.6 is 0 Å². The molecule has 1 rings (SSSR count). The van der Waals surface area contributed by atoms with E-state index >= 15 is 0 Å². The van der Waals surface area contributed by atoms with Crippen LogP contribution < -0.4 is 0 Å². The van der Waals surface area contributed by atoms with Gasteiger partial charge in [0.2, 0.25) is 0 Å². The summed E-state index contributed by atoms with van der Waals surface area (Å²) in [6.45, 7) is 7.66. The maximum Gasteiger partial charge on any atom is 0.115 e. The highest BCUT2D eigenvalue weighted by atomic mass is 19.1. The summed E-state index contributed by atoms with van der Waals surface area (Å²) in [4.78, 5) is 0. The minimum absolute atomic E-state index is 0.337. The van der Waals surface area contributed by atoms with Crippen molar-refractivity contribution in [2.75, 3.05) is 0 Å². The van der Waals surface area contributed by atoms with Crippen molar-refractivity contribution in [3.05, 3.63) is 34.9 Å². The first kappa shape index (κ1) is 12.2. The number of benzene rings is 1. The Kier molecular flexibility index (Phi) is 6.21. The average Bonchev–Trinajstić information content (AvgIpc) is 2.20. The number of hydrogen-bond donors (Lipinski definition) is 0. The van der Waals surface area contributed by atoms with Crippen molar-refractivity contribution >= 4 is 0 Å². The van der Waals surface area contributed by atoms with E-state index in [1.807, 2.05) is 45.9 Å². The van der Waals surface area contributed by atoms with Crippen LogP contribution in [-0.2, 0) is 13.1 Å². The first-order valence-electron chi connectivity index (χ1n) is 4.93. The maximum atomic E-state index is 12.4. The molecule has 0 aliphatic heterocycles. The maximum absolute atomic E-state index is 12.4. The molecule has 0 aromatic heterocycles. The highest BCUT2D eigenvalue weighted by molar-refractivity contribution is 5.33. The molecule has 1 aromatic carbocycles. The van der Waals surface area contributed by atoms with E-state index in [0.29, 0.717) is 0 Å². The largest absolute Gasteiger partial charge is 0.246 e. The quantitative estimate of drug-likeness (QED) is 0.647. The van der Waals surface area contributed by atoms with E-state index in [2.05, 4.69) is 0 Å². The van der Waals surface area contributed by atoms with Gasteiger partial charge in [0.15, 0.2) is 0 Å². The van der Waals surface area contributed by atoms with Gasteiger partial charge in [-0.25, -0.2) is 4.39 Å². The van der Waals surface area contributed by atoms with E-state index in [9.17, 15) is 4.39 Å². The van der Waals surface area contributed by atoms with Crippen molar-refractivity contribution in [1.82, 2.24) is 0 Å². The van der Waals surface area contributed by atoms with E-state index in [1.165, 1.54) is 0 Å². The Labute approximate surface area is 80.8 Å². The Morgan fingerprint density at radius 2 is 1.85 bits per heavy atom. The predicted molar refractivity (Wildman–Crippen MR) is 56.7 cm³/mol. The molecule has 13 heavy (non-hydrogen) atoms. The zero-order valence-corrected chi connectivity index (χ0v) is 9.02. The third kappa shape index (κ3) is 3.17. The van der Waals surface area contributed by atoms with Crippen LogP contribution in [0.25, 0.3) is 0 Å². The fraction of sp³-hybridized carbons (Fsp3) is 0.500. The van der Waals surface area contributed by atoms with E-state index in [4.69, 9.17) is 0 Å². The van der Waals surface area contributed by atoms with Gasteiger partial charge in [0, 0.05) is 0 Å². The fourth-order valence-electron chi connectivity index (χ4n) is 1.29. The van der Waals surface area contributed by atoms with Gasteiger partial charge in [-0.1, -0.05) is 39.0 Å². The van der Waals surface area contributed by atoms with Crippen LogP contribution in [0, 0.1) is 6.92 Å². The molecule has 1 aromatic rings. The standard InChI is InChI=1S/C10H13F.C2H6/c1-3-9-6-4-5-8(2)10(9)7-11;1-2/h4-6H,3,7H2,1-2H3;1-2H3. The van der Waals surface area contributed by atoms with Crippen LogP contribution in [-0.4, -0.2) is 0 Å². The molecule has 0 saturated heterocycles. The molecule has 0 unspecified atom stereocenters. The fourth-order valence-corrected chi connectivity index (χ4v) is 1.29. The van der Waals surface area contributed by atoms with Crippen LogP contribution in [0.1, 0.15) is 37.5 Å². The van der Waals surface area contributed by atoms with Gasteiger partial charge in [-0.3, -0.25) is 0 Å². The lowest BCUT2D eigenvalue weighted by molar-refractivity contribution is 0.481. The van der Waals surface area contributed by atoms with E-state index < -0.39 is 0 Å². The SMILES string of the molecule is CC.CCc1cccc(C)c1CF. The molecule has 0 radical (unpaired) electrons. The highest BCUT2D eigenvalue weighted by Gasteiger charge is 2.01. The van der Waals surface area contributed by atoms with Gasteiger partial charge >= 0.3 is 0 Å². The molecular weight excluding hydrogens is 163 g/mol. The molecule has 0 amide bonds. The number of aryl methyl sites for hydroxylation is 2. The predicted octanol–water partition coefficient (Wildman–Crippen LogP) is 4.05. The third-order valence-corrected chi connectivity index (χ3v) is 2.02. The van der Waals surface area contributed by atoms with Crippen LogP contribution in [0.4, 0.5) is 4.39 Å². The van der Waals surface area contributed by atoms with Crippen LogP contribution in [0.5, 0.6) is 0 Å². The molecule has 0 aliphatic rings. The van der Waals surface area contributed by atoms with Crippen LogP contribution in [0.15, 0.2) is 18.2 Å². The molecule has 0 heterocycles. The van der Waals surface area contributed by atoms with Crippen LogP contribution in [0.3, 0.4) is 0 Å². The van der Waals surface area contributed by atoms with Crippen molar-refractivity contribution < 1.29 is 4.39 Å². The highest BCUT2D eigenvalue weighted by Crippen LogP contribution is 2.15. The molecule has 0 nitrogen and oxygen atoms in total. The van der Waals surface area contributed by atoms with Gasteiger partial charge in [0.05, 0.1) is 0 Å². The monoisotopic (exact) mass is 182 g/mol. The minimum Gasteiger partial charge on any atom is -0.246 e. The summed E-state index contributed by atoms with van der Waals surface area (Å²) in [6, 6.07) is 5.92. The molecule has 0 fully saturated rings. The van der Waals surface area contributed by atoms with E-state index in [0.717, 1.165) is 23.1 Å². The summed E-state index contributed by atoms with van der Waals surface area (Å²) in [5.41, 5.74) is 3.06. The lowest BCUT2D eigenvalue weighted by Crippen LogP contribution is -1.92. The number of alkyl halides is 1. The summed E-state index contributed by atoms with van der Waals surface area (Å²) in [5.74, 6) is 0. The number of halogens is 1. The number of rotatable bonds is 2. The van der Waals surface area contributed by atoms with Crippen molar-refractivity contribution in [2.45, 2.75) is 40.8 Å². The van der Waals surface area contributed by atoms with Crippen LogP contribution in [0.2, 0.25) is 0 Å². The Morgan fingerprint density at radius 3 is 2.23 bits per heavy atom. The molecule has 1 heteroatoms. The summed E-state index contributed by atoms with van der Waals surface area (Å²) in [7, 11) is 0. The second-order valence-corrected chi connectivity index (χ2v) is 2.70. The zero-order valence-electron chi connectivity index (χ0n) is 9.02. The van der Waals surface area contributed by atoms with Gasteiger partial charge in [0.25, 0.3) is 0 Å². The first-order chi connectivity index (χ1) is 6.29. The zero-order chi connectivity index (χ0) is 10.3. The molecule has 0 N–H and O–H groups in total. The molecule has 0 aliphatic carbocycles. The van der Waals surface area contributed by atoms with Crippen molar-refractivity contribution in [3.8, 4) is 0 Å². The Balaban J connectivity index is 0.000000671. The summed E-state index contributed by atoms with van der Waals surface area (Å²) in [5, 5.41) is 0. The Morgan fingerprint density at radius 1 is 1.23 bits per heavy atom. The van der Waals surface area contributed by atoms with Gasteiger partial charge in [-0.15, -0.1) is 0 Å². The lowest BCUT2D eigenvalue weighted by atomic mass is 10.0. The Hall–Kier alpha value is -0.850. The molecule has 0 spiro atoms. The van der Waals surface area contributed by atoms with Gasteiger partial charge in [-0.05, 0) is 30.0 Å². The topological polar surface area (TPSA) is 0 Å². The summed E-state index contributed by atoms with van der Waals surface area (Å²) >= 11 is 0.